The molecule has 2 rings (SSSR count). The van der Waals surface area contributed by atoms with E-state index in [1.807, 2.05) is 6.92 Å². The van der Waals surface area contributed by atoms with Crippen LogP contribution in [0.1, 0.15) is 23.7 Å². The summed E-state index contributed by atoms with van der Waals surface area (Å²) in [5.41, 5.74) is 0.177. The minimum absolute atomic E-state index is 0.0873. The molecule has 0 aliphatic rings. The first-order valence-corrected chi connectivity index (χ1v) is 7.37. The predicted molar refractivity (Wildman–Crippen MR) is 88.3 cm³/mol. The molecule has 0 atom stereocenters. The molecule has 120 valence electrons. The van der Waals surface area contributed by atoms with E-state index in [1.54, 1.807) is 24.3 Å². The van der Waals surface area contributed by atoms with Crippen molar-refractivity contribution in [2.75, 3.05) is 11.9 Å². The SMILES string of the molecule is CCCOc1cccc(C(=O)Nc2ccc(Cl)cc2[N+](=O)[O-])c1. The summed E-state index contributed by atoms with van der Waals surface area (Å²) in [6.45, 7) is 2.53. The average Bonchev–Trinajstić information content (AvgIpc) is 2.54. The summed E-state index contributed by atoms with van der Waals surface area (Å²) in [6.07, 6.45) is 0.855. The molecular formula is C16H15ClN2O4. The first-order valence-electron chi connectivity index (χ1n) is 6.99. The molecule has 0 heterocycles. The zero-order chi connectivity index (χ0) is 16.8. The molecule has 6 nitrogen and oxygen atoms in total. The molecule has 0 aromatic heterocycles. The number of nitrogens with one attached hydrogen (secondary N) is 1. The Labute approximate surface area is 138 Å². The van der Waals surface area contributed by atoms with Crippen molar-refractivity contribution in [3.05, 3.63) is 63.2 Å². The van der Waals surface area contributed by atoms with Crippen molar-refractivity contribution in [3.8, 4) is 5.75 Å². The highest BCUT2D eigenvalue weighted by atomic mass is 35.5. The molecule has 0 saturated carbocycles. The van der Waals surface area contributed by atoms with Gasteiger partial charge in [-0.15, -0.1) is 0 Å². The van der Waals surface area contributed by atoms with Crippen molar-refractivity contribution in [1.29, 1.82) is 0 Å². The van der Waals surface area contributed by atoms with E-state index in [0.29, 0.717) is 17.9 Å². The number of anilines is 1. The highest BCUT2D eigenvalue weighted by Crippen LogP contribution is 2.28. The van der Waals surface area contributed by atoms with Gasteiger partial charge in [-0.2, -0.15) is 0 Å². The zero-order valence-electron chi connectivity index (χ0n) is 12.4. The number of nitro groups is 1. The number of amides is 1. The molecule has 1 N–H and O–H groups in total. The molecule has 0 saturated heterocycles. The normalized spacial score (nSPS) is 10.2. The van der Waals surface area contributed by atoms with Crippen LogP contribution in [0, 0.1) is 10.1 Å². The van der Waals surface area contributed by atoms with E-state index in [9.17, 15) is 14.9 Å². The number of hydrogen-bond donors (Lipinski definition) is 1. The van der Waals surface area contributed by atoms with Crippen LogP contribution in [0.4, 0.5) is 11.4 Å². The molecule has 0 unspecified atom stereocenters. The summed E-state index contributed by atoms with van der Waals surface area (Å²) in [5.74, 6) is 0.113. The van der Waals surface area contributed by atoms with Gasteiger partial charge >= 0.3 is 0 Å². The standard InChI is InChI=1S/C16H15ClN2O4/c1-2-8-23-13-5-3-4-11(9-13)16(20)18-14-7-6-12(17)10-15(14)19(21)22/h3-7,9-10H,2,8H2,1H3,(H,18,20). The number of nitro benzene ring substituents is 1. The van der Waals surface area contributed by atoms with Gasteiger partial charge in [0, 0.05) is 16.7 Å². The van der Waals surface area contributed by atoms with Crippen molar-refractivity contribution < 1.29 is 14.5 Å². The topological polar surface area (TPSA) is 81.5 Å². The second-order valence-electron chi connectivity index (χ2n) is 4.75. The number of nitrogens with zero attached hydrogens (tertiary/aromatic N) is 1. The molecule has 2 aromatic rings. The Morgan fingerprint density at radius 1 is 1.30 bits per heavy atom. The lowest BCUT2D eigenvalue weighted by atomic mass is 10.2. The number of carbonyl (C=O) groups is 1. The fourth-order valence-electron chi connectivity index (χ4n) is 1.90. The van der Waals surface area contributed by atoms with Crippen LogP contribution in [0.3, 0.4) is 0 Å². The van der Waals surface area contributed by atoms with Crippen LogP contribution in [0.25, 0.3) is 0 Å². The van der Waals surface area contributed by atoms with Gasteiger partial charge in [0.25, 0.3) is 11.6 Å². The van der Waals surface area contributed by atoms with E-state index in [1.165, 1.54) is 18.2 Å². The second-order valence-corrected chi connectivity index (χ2v) is 5.19. The van der Waals surface area contributed by atoms with Gasteiger partial charge in [0.1, 0.15) is 11.4 Å². The van der Waals surface area contributed by atoms with Crippen LogP contribution >= 0.6 is 11.6 Å². The molecule has 0 fully saturated rings. The lowest BCUT2D eigenvalue weighted by molar-refractivity contribution is -0.383. The van der Waals surface area contributed by atoms with Crippen molar-refractivity contribution in [2.24, 2.45) is 0 Å². The van der Waals surface area contributed by atoms with Gasteiger partial charge in [0.15, 0.2) is 0 Å². The van der Waals surface area contributed by atoms with Crippen LogP contribution in [0.2, 0.25) is 5.02 Å². The third-order valence-electron chi connectivity index (χ3n) is 2.97. The Hall–Kier alpha value is -2.60. The Bertz CT molecular complexity index is 734. The van der Waals surface area contributed by atoms with E-state index in [4.69, 9.17) is 16.3 Å². The maximum atomic E-state index is 12.3. The molecule has 2 aromatic carbocycles. The van der Waals surface area contributed by atoms with Crippen molar-refractivity contribution in [3.63, 3.8) is 0 Å². The molecule has 0 aliphatic heterocycles. The van der Waals surface area contributed by atoms with E-state index >= 15 is 0 Å². The summed E-state index contributed by atoms with van der Waals surface area (Å²) >= 11 is 5.75. The number of ether oxygens (including phenoxy) is 1. The first kappa shape index (κ1) is 16.8. The van der Waals surface area contributed by atoms with Crippen LogP contribution in [-0.4, -0.2) is 17.4 Å². The van der Waals surface area contributed by atoms with Crippen LogP contribution in [-0.2, 0) is 0 Å². The van der Waals surface area contributed by atoms with Crippen LogP contribution < -0.4 is 10.1 Å². The molecule has 7 heteroatoms. The molecule has 0 bridgehead atoms. The number of halogens is 1. The highest BCUT2D eigenvalue weighted by molar-refractivity contribution is 6.31. The average molecular weight is 335 g/mol. The summed E-state index contributed by atoms with van der Waals surface area (Å²) < 4.78 is 5.47. The zero-order valence-corrected chi connectivity index (χ0v) is 13.2. The smallest absolute Gasteiger partial charge is 0.294 e. The molecule has 0 radical (unpaired) electrons. The summed E-state index contributed by atoms with van der Waals surface area (Å²) in [4.78, 5) is 22.7. The number of hydrogen-bond acceptors (Lipinski definition) is 4. The van der Waals surface area contributed by atoms with E-state index in [2.05, 4.69) is 5.32 Å². The second kappa shape index (κ2) is 7.60. The molecule has 0 aliphatic carbocycles. The molecule has 0 spiro atoms. The number of rotatable bonds is 6. The quantitative estimate of drug-likeness (QED) is 0.631. The van der Waals surface area contributed by atoms with Crippen LogP contribution in [0.5, 0.6) is 5.75 Å². The summed E-state index contributed by atoms with van der Waals surface area (Å²) in [7, 11) is 0. The largest absolute Gasteiger partial charge is 0.494 e. The van der Waals surface area contributed by atoms with Gasteiger partial charge < -0.3 is 10.1 Å². The lowest BCUT2D eigenvalue weighted by Crippen LogP contribution is -2.13. The minimum Gasteiger partial charge on any atom is -0.494 e. The van der Waals surface area contributed by atoms with Gasteiger partial charge in [0.2, 0.25) is 0 Å². The molecule has 23 heavy (non-hydrogen) atoms. The lowest BCUT2D eigenvalue weighted by Gasteiger charge is -2.08. The van der Waals surface area contributed by atoms with Gasteiger partial charge in [-0.3, -0.25) is 14.9 Å². The first-order chi connectivity index (χ1) is 11.0. The van der Waals surface area contributed by atoms with E-state index < -0.39 is 10.8 Å². The maximum Gasteiger partial charge on any atom is 0.294 e. The van der Waals surface area contributed by atoms with Crippen molar-refractivity contribution in [2.45, 2.75) is 13.3 Å². The summed E-state index contributed by atoms with van der Waals surface area (Å²) in [6, 6.07) is 10.7. The van der Waals surface area contributed by atoms with Crippen molar-refractivity contribution in [1.82, 2.24) is 0 Å². The van der Waals surface area contributed by atoms with Crippen LogP contribution in [0.15, 0.2) is 42.5 Å². The maximum absolute atomic E-state index is 12.3. The summed E-state index contributed by atoms with van der Waals surface area (Å²) in [5, 5.41) is 13.8. The fourth-order valence-corrected chi connectivity index (χ4v) is 2.07. The van der Waals surface area contributed by atoms with Gasteiger partial charge in [-0.1, -0.05) is 24.6 Å². The third kappa shape index (κ3) is 4.43. The monoisotopic (exact) mass is 334 g/mol. The van der Waals surface area contributed by atoms with Gasteiger partial charge in [-0.25, -0.2) is 0 Å². The number of benzene rings is 2. The Morgan fingerprint density at radius 2 is 2.09 bits per heavy atom. The number of carbonyl (C=O) groups excluding carboxylic acids is 1. The highest BCUT2D eigenvalue weighted by Gasteiger charge is 2.17. The third-order valence-corrected chi connectivity index (χ3v) is 3.21. The van der Waals surface area contributed by atoms with Gasteiger partial charge in [0.05, 0.1) is 11.5 Å². The van der Waals surface area contributed by atoms with E-state index in [-0.39, 0.29) is 16.4 Å². The Morgan fingerprint density at radius 3 is 2.78 bits per heavy atom. The predicted octanol–water partition coefficient (Wildman–Crippen LogP) is 4.29. The van der Waals surface area contributed by atoms with Gasteiger partial charge in [-0.05, 0) is 36.8 Å². The Kier molecular flexibility index (Phi) is 5.54. The Balaban J connectivity index is 2.21. The molecular weight excluding hydrogens is 320 g/mol. The molecule has 1 amide bonds. The van der Waals surface area contributed by atoms with Crippen molar-refractivity contribution >= 4 is 28.9 Å². The minimum atomic E-state index is -0.595. The fraction of sp³-hybridized carbons (Fsp3) is 0.188. The van der Waals surface area contributed by atoms with E-state index in [0.717, 1.165) is 6.42 Å².